The van der Waals surface area contributed by atoms with Crippen molar-refractivity contribution < 1.29 is 9.90 Å². The van der Waals surface area contributed by atoms with Crippen LogP contribution >= 0.6 is 0 Å². The van der Waals surface area contributed by atoms with E-state index in [0.29, 0.717) is 11.8 Å². The van der Waals surface area contributed by atoms with Crippen LogP contribution in [0.2, 0.25) is 0 Å². The molecule has 2 heteroatoms. The Bertz CT molecular complexity index is 419. The second-order valence-electron chi connectivity index (χ2n) is 11.7. The predicted octanol–water partition coefficient (Wildman–Crippen LogP) is 10.8. The van der Waals surface area contributed by atoms with Crippen molar-refractivity contribution in [2.75, 3.05) is 0 Å². The maximum absolute atomic E-state index is 11.0. The molecule has 0 aliphatic carbocycles. The van der Waals surface area contributed by atoms with E-state index < -0.39 is 5.97 Å². The Morgan fingerprint density at radius 1 is 0.515 bits per heavy atom. The first kappa shape index (κ1) is 32.5. The van der Waals surface area contributed by atoms with Gasteiger partial charge in [-0.2, -0.15) is 0 Å². The second kappa shape index (κ2) is 23.2. The molecule has 2 nitrogen and oxygen atoms in total. The average molecular weight is 467 g/mol. The van der Waals surface area contributed by atoms with E-state index in [9.17, 15) is 4.79 Å². The Hall–Kier alpha value is -0.530. The van der Waals surface area contributed by atoms with Crippen molar-refractivity contribution in [2.24, 2.45) is 23.7 Å². The van der Waals surface area contributed by atoms with Gasteiger partial charge in [0.1, 0.15) is 0 Å². The molecule has 0 saturated heterocycles. The number of carboxylic acids is 1. The van der Waals surface area contributed by atoms with E-state index in [2.05, 4.69) is 27.7 Å². The summed E-state index contributed by atoms with van der Waals surface area (Å²) >= 11 is 0. The molecule has 0 radical (unpaired) electrons. The summed E-state index contributed by atoms with van der Waals surface area (Å²) in [4.78, 5) is 11.0. The summed E-state index contributed by atoms with van der Waals surface area (Å²) in [7, 11) is 0. The highest BCUT2D eigenvalue weighted by atomic mass is 16.4. The van der Waals surface area contributed by atoms with Gasteiger partial charge in [-0.05, 0) is 37.0 Å². The molecule has 4 atom stereocenters. The van der Waals surface area contributed by atoms with E-state index in [-0.39, 0.29) is 5.92 Å². The monoisotopic (exact) mass is 466 g/mol. The van der Waals surface area contributed by atoms with Crippen LogP contribution < -0.4 is 0 Å². The van der Waals surface area contributed by atoms with Gasteiger partial charge in [0.25, 0.3) is 0 Å². The molecule has 0 saturated carbocycles. The standard InChI is InChI=1S/C31H62O2/c1-6-7-8-9-10-11-12-13-14-15-16-17-18-19-20-21-22-23-27(2)24-28(3)25-29(4)26-30(5)31(32)33/h27-30H,6-26H2,1-5H3,(H,32,33)/t27-,28-,29-,30-/m1/s1. The molecule has 0 aromatic heterocycles. The van der Waals surface area contributed by atoms with E-state index in [1.807, 2.05) is 6.92 Å². The zero-order chi connectivity index (χ0) is 24.7. The third-order valence-electron chi connectivity index (χ3n) is 7.59. The molecular weight excluding hydrogens is 404 g/mol. The lowest BCUT2D eigenvalue weighted by molar-refractivity contribution is -0.141. The van der Waals surface area contributed by atoms with Crippen LogP contribution in [0.1, 0.15) is 169 Å². The zero-order valence-corrected chi connectivity index (χ0v) is 23.5. The third kappa shape index (κ3) is 23.0. The quantitative estimate of drug-likeness (QED) is 0.136. The summed E-state index contributed by atoms with van der Waals surface area (Å²) in [5.74, 6) is 1.17. The maximum atomic E-state index is 11.0. The molecule has 0 fully saturated rings. The van der Waals surface area contributed by atoms with E-state index in [1.165, 1.54) is 128 Å². The first-order valence-electron chi connectivity index (χ1n) is 15.1. The van der Waals surface area contributed by atoms with Crippen molar-refractivity contribution in [3.8, 4) is 0 Å². The lowest BCUT2D eigenvalue weighted by atomic mass is 9.84. The molecule has 0 aliphatic heterocycles. The highest BCUT2D eigenvalue weighted by Crippen LogP contribution is 2.26. The van der Waals surface area contributed by atoms with Crippen molar-refractivity contribution in [3.63, 3.8) is 0 Å². The molecule has 0 spiro atoms. The van der Waals surface area contributed by atoms with Gasteiger partial charge in [0.05, 0.1) is 5.92 Å². The molecule has 33 heavy (non-hydrogen) atoms. The Kier molecular flexibility index (Phi) is 22.9. The van der Waals surface area contributed by atoms with Crippen LogP contribution in [0, 0.1) is 23.7 Å². The second-order valence-corrected chi connectivity index (χ2v) is 11.7. The van der Waals surface area contributed by atoms with Crippen LogP contribution in [-0.4, -0.2) is 11.1 Å². The molecule has 0 rings (SSSR count). The Morgan fingerprint density at radius 2 is 0.848 bits per heavy atom. The van der Waals surface area contributed by atoms with Crippen molar-refractivity contribution in [1.82, 2.24) is 0 Å². The van der Waals surface area contributed by atoms with Crippen LogP contribution in [0.3, 0.4) is 0 Å². The minimum atomic E-state index is -0.651. The summed E-state index contributed by atoms with van der Waals surface area (Å²) in [5.41, 5.74) is 0. The van der Waals surface area contributed by atoms with Gasteiger partial charge in [-0.1, -0.05) is 150 Å². The smallest absolute Gasteiger partial charge is 0.306 e. The van der Waals surface area contributed by atoms with Gasteiger partial charge in [-0.25, -0.2) is 0 Å². The van der Waals surface area contributed by atoms with Gasteiger partial charge in [-0.15, -0.1) is 0 Å². The molecule has 0 heterocycles. The SMILES string of the molecule is CCCCCCCCCCCCCCCCCCC[C@@H](C)C[C@@H](C)C[C@@H](C)C[C@@H](C)C(=O)O. The molecule has 0 amide bonds. The number of rotatable bonds is 25. The zero-order valence-electron chi connectivity index (χ0n) is 23.5. The fourth-order valence-electron chi connectivity index (χ4n) is 5.61. The summed E-state index contributed by atoms with van der Waals surface area (Å²) in [6.45, 7) is 11.1. The van der Waals surface area contributed by atoms with Crippen LogP contribution in [-0.2, 0) is 4.79 Å². The summed E-state index contributed by atoms with van der Waals surface area (Å²) in [6, 6.07) is 0. The highest BCUT2D eigenvalue weighted by molar-refractivity contribution is 5.69. The number of hydrogen-bond acceptors (Lipinski definition) is 1. The minimum absolute atomic E-state index is 0.209. The van der Waals surface area contributed by atoms with Crippen molar-refractivity contribution in [3.05, 3.63) is 0 Å². The molecule has 0 bridgehead atoms. The highest BCUT2D eigenvalue weighted by Gasteiger charge is 2.18. The summed E-state index contributed by atoms with van der Waals surface area (Å²) in [5, 5.41) is 9.09. The Labute approximate surface area is 209 Å². The first-order chi connectivity index (χ1) is 15.9. The van der Waals surface area contributed by atoms with E-state index >= 15 is 0 Å². The molecule has 0 aromatic carbocycles. The fourth-order valence-corrected chi connectivity index (χ4v) is 5.61. The summed E-state index contributed by atoms with van der Waals surface area (Å²) in [6.07, 6.45) is 29.1. The summed E-state index contributed by atoms with van der Waals surface area (Å²) < 4.78 is 0. The number of aliphatic carboxylic acids is 1. The van der Waals surface area contributed by atoms with Crippen LogP contribution in [0.25, 0.3) is 0 Å². The van der Waals surface area contributed by atoms with Gasteiger partial charge >= 0.3 is 5.97 Å². The molecular formula is C31H62O2. The molecule has 0 aliphatic rings. The van der Waals surface area contributed by atoms with Gasteiger partial charge in [0.2, 0.25) is 0 Å². The van der Waals surface area contributed by atoms with E-state index in [4.69, 9.17) is 5.11 Å². The van der Waals surface area contributed by atoms with Crippen LogP contribution in [0.15, 0.2) is 0 Å². The number of carbonyl (C=O) groups is 1. The molecule has 0 aromatic rings. The predicted molar refractivity (Wildman–Crippen MR) is 147 cm³/mol. The number of hydrogen-bond donors (Lipinski definition) is 1. The average Bonchev–Trinajstić information content (AvgIpc) is 2.75. The molecule has 198 valence electrons. The van der Waals surface area contributed by atoms with Crippen molar-refractivity contribution in [2.45, 2.75) is 169 Å². The number of carboxylic acid groups (broad SMARTS) is 1. The third-order valence-corrected chi connectivity index (χ3v) is 7.59. The van der Waals surface area contributed by atoms with Crippen molar-refractivity contribution in [1.29, 1.82) is 0 Å². The van der Waals surface area contributed by atoms with E-state index in [0.717, 1.165) is 12.3 Å². The number of unbranched alkanes of at least 4 members (excludes halogenated alkanes) is 16. The van der Waals surface area contributed by atoms with Gasteiger partial charge in [0, 0.05) is 0 Å². The lowest BCUT2D eigenvalue weighted by Gasteiger charge is -2.21. The topological polar surface area (TPSA) is 37.3 Å². The van der Waals surface area contributed by atoms with Gasteiger partial charge in [-0.3, -0.25) is 4.79 Å². The normalized spacial score (nSPS) is 15.3. The van der Waals surface area contributed by atoms with E-state index in [1.54, 1.807) is 0 Å². The van der Waals surface area contributed by atoms with Gasteiger partial charge in [0.15, 0.2) is 0 Å². The van der Waals surface area contributed by atoms with Gasteiger partial charge < -0.3 is 5.11 Å². The Morgan fingerprint density at radius 3 is 1.24 bits per heavy atom. The van der Waals surface area contributed by atoms with Crippen LogP contribution in [0.4, 0.5) is 0 Å². The lowest BCUT2D eigenvalue weighted by Crippen LogP contribution is -2.15. The van der Waals surface area contributed by atoms with Crippen molar-refractivity contribution >= 4 is 5.97 Å². The largest absolute Gasteiger partial charge is 0.481 e. The molecule has 0 unspecified atom stereocenters. The molecule has 1 N–H and O–H groups in total. The first-order valence-corrected chi connectivity index (χ1v) is 15.1. The maximum Gasteiger partial charge on any atom is 0.306 e. The fraction of sp³-hybridized carbons (Fsp3) is 0.968. The van der Waals surface area contributed by atoms with Crippen LogP contribution in [0.5, 0.6) is 0 Å². The Balaban J connectivity index is 3.40. The minimum Gasteiger partial charge on any atom is -0.481 e.